The molecule has 0 bridgehead atoms. The van der Waals surface area contributed by atoms with Crippen LogP contribution in [0.25, 0.3) is 0 Å². The van der Waals surface area contributed by atoms with Crippen molar-refractivity contribution in [2.24, 2.45) is 0 Å². The number of hydrogen-bond donors (Lipinski definition) is 0. The highest BCUT2D eigenvalue weighted by molar-refractivity contribution is 5.95. The summed E-state index contributed by atoms with van der Waals surface area (Å²) in [4.78, 5) is 13.8. The molecule has 1 amide bonds. The largest absolute Gasteiger partial charge is 0.493 e. The van der Waals surface area contributed by atoms with Crippen molar-refractivity contribution in [1.29, 1.82) is 0 Å². The molecule has 1 aromatic rings. The first-order chi connectivity index (χ1) is 8.26. The van der Waals surface area contributed by atoms with Crippen LogP contribution in [0.2, 0.25) is 0 Å². The molecule has 0 unspecified atom stereocenters. The Labute approximate surface area is 101 Å². The van der Waals surface area contributed by atoms with Gasteiger partial charge in [0.2, 0.25) is 0 Å². The van der Waals surface area contributed by atoms with Crippen molar-refractivity contribution in [1.82, 2.24) is 4.90 Å². The highest BCUT2D eigenvalue weighted by atomic mass is 16.5. The highest BCUT2D eigenvalue weighted by Crippen LogP contribution is 2.29. The van der Waals surface area contributed by atoms with Crippen LogP contribution in [0, 0.1) is 0 Å². The molecule has 17 heavy (non-hydrogen) atoms. The van der Waals surface area contributed by atoms with Gasteiger partial charge in [0.25, 0.3) is 5.91 Å². The topological polar surface area (TPSA) is 38.8 Å². The first kappa shape index (κ1) is 11.8. The lowest BCUT2D eigenvalue weighted by Crippen LogP contribution is -2.42. The van der Waals surface area contributed by atoms with Gasteiger partial charge in [-0.05, 0) is 31.5 Å². The number of carbonyl (C=O) groups is 1. The molecule has 1 heterocycles. The van der Waals surface area contributed by atoms with E-state index in [1.165, 1.54) is 0 Å². The Kier molecular flexibility index (Phi) is 3.52. The molecule has 92 valence electrons. The van der Waals surface area contributed by atoms with E-state index >= 15 is 0 Å². The van der Waals surface area contributed by atoms with Crippen molar-refractivity contribution in [3.63, 3.8) is 0 Å². The number of benzene rings is 1. The summed E-state index contributed by atoms with van der Waals surface area (Å²) in [5.74, 6) is 1.35. The molecule has 0 atom stereocenters. The SMILES string of the molecule is CCOc1cc(C(=O)N2CCC2)ccc1OC. The minimum atomic E-state index is 0.0693. The van der Waals surface area contributed by atoms with E-state index in [2.05, 4.69) is 0 Å². The Morgan fingerprint density at radius 1 is 1.35 bits per heavy atom. The maximum absolute atomic E-state index is 12.0. The monoisotopic (exact) mass is 235 g/mol. The van der Waals surface area contributed by atoms with Crippen molar-refractivity contribution in [2.75, 3.05) is 26.8 Å². The summed E-state index contributed by atoms with van der Waals surface area (Å²) in [5.41, 5.74) is 0.661. The van der Waals surface area contributed by atoms with E-state index in [1.807, 2.05) is 11.8 Å². The summed E-state index contributed by atoms with van der Waals surface area (Å²) in [6.07, 6.45) is 1.10. The van der Waals surface area contributed by atoms with Gasteiger partial charge in [-0.1, -0.05) is 0 Å². The molecule has 1 aliphatic heterocycles. The minimum Gasteiger partial charge on any atom is -0.493 e. The van der Waals surface area contributed by atoms with Crippen LogP contribution in [-0.2, 0) is 0 Å². The summed E-state index contributed by atoms with van der Waals surface area (Å²) >= 11 is 0. The third-order valence-corrected chi connectivity index (χ3v) is 2.85. The van der Waals surface area contributed by atoms with Gasteiger partial charge in [0.05, 0.1) is 13.7 Å². The van der Waals surface area contributed by atoms with Crippen molar-refractivity contribution in [3.05, 3.63) is 23.8 Å². The first-order valence-corrected chi connectivity index (χ1v) is 5.86. The normalized spacial score (nSPS) is 14.1. The molecule has 0 saturated carbocycles. The van der Waals surface area contributed by atoms with E-state index in [0.717, 1.165) is 19.5 Å². The molecule has 4 nitrogen and oxygen atoms in total. The lowest BCUT2D eigenvalue weighted by molar-refractivity contribution is 0.0651. The van der Waals surface area contributed by atoms with Crippen LogP contribution in [0.3, 0.4) is 0 Å². The van der Waals surface area contributed by atoms with Gasteiger partial charge in [0, 0.05) is 18.7 Å². The van der Waals surface area contributed by atoms with Crippen molar-refractivity contribution in [2.45, 2.75) is 13.3 Å². The molecular formula is C13H17NO3. The second-order valence-electron chi connectivity index (χ2n) is 3.94. The van der Waals surface area contributed by atoms with E-state index in [4.69, 9.17) is 9.47 Å². The number of hydrogen-bond acceptors (Lipinski definition) is 3. The van der Waals surface area contributed by atoms with Crippen LogP contribution >= 0.6 is 0 Å². The third-order valence-electron chi connectivity index (χ3n) is 2.85. The second kappa shape index (κ2) is 5.08. The fraction of sp³-hybridized carbons (Fsp3) is 0.462. The Hall–Kier alpha value is -1.71. The van der Waals surface area contributed by atoms with Crippen LogP contribution < -0.4 is 9.47 Å². The molecule has 0 aliphatic carbocycles. The number of amides is 1. The Morgan fingerprint density at radius 2 is 2.12 bits per heavy atom. The lowest BCUT2D eigenvalue weighted by Gasteiger charge is -2.31. The van der Waals surface area contributed by atoms with Crippen molar-refractivity contribution in [3.8, 4) is 11.5 Å². The van der Waals surface area contributed by atoms with Gasteiger partial charge in [-0.15, -0.1) is 0 Å². The molecule has 4 heteroatoms. The van der Waals surface area contributed by atoms with Gasteiger partial charge in [0.1, 0.15) is 0 Å². The Balaban J connectivity index is 2.22. The van der Waals surface area contributed by atoms with Gasteiger partial charge < -0.3 is 14.4 Å². The molecule has 0 spiro atoms. The van der Waals surface area contributed by atoms with Crippen molar-refractivity contribution < 1.29 is 14.3 Å². The quantitative estimate of drug-likeness (QED) is 0.800. The molecule has 1 aromatic carbocycles. The molecular weight excluding hydrogens is 218 g/mol. The standard InChI is InChI=1S/C13H17NO3/c1-3-17-12-9-10(5-6-11(12)16-2)13(15)14-7-4-8-14/h5-6,9H,3-4,7-8H2,1-2H3. The van der Waals surface area contributed by atoms with E-state index < -0.39 is 0 Å². The maximum atomic E-state index is 12.0. The Bertz CT molecular complexity index is 413. The fourth-order valence-electron chi connectivity index (χ4n) is 1.78. The van der Waals surface area contributed by atoms with Crippen molar-refractivity contribution >= 4 is 5.91 Å². The molecule has 1 aliphatic rings. The zero-order chi connectivity index (χ0) is 12.3. The van der Waals surface area contributed by atoms with E-state index in [-0.39, 0.29) is 5.91 Å². The summed E-state index contributed by atoms with van der Waals surface area (Å²) in [6.45, 7) is 4.17. The third kappa shape index (κ3) is 2.35. The predicted octanol–water partition coefficient (Wildman–Crippen LogP) is 1.94. The highest BCUT2D eigenvalue weighted by Gasteiger charge is 2.22. The summed E-state index contributed by atoms with van der Waals surface area (Å²) < 4.78 is 10.6. The summed E-state index contributed by atoms with van der Waals surface area (Å²) in [5, 5.41) is 0. The number of nitrogens with zero attached hydrogens (tertiary/aromatic N) is 1. The van der Waals surface area contributed by atoms with Crippen LogP contribution in [-0.4, -0.2) is 37.6 Å². The van der Waals surface area contributed by atoms with E-state index in [0.29, 0.717) is 23.7 Å². The smallest absolute Gasteiger partial charge is 0.253 e. The maximum Gasteiger partial charge on any atom is 0.253 e. The zero-order valence-corrected chi connectivity index (χ0v) is 10.2. The Morgan fingerprint density at radius 3 is 2.65 bits per heavy atom. The number of likely N-dealkylation sites (tertiary alicyclic amines) is 1. The number of rotatable bonds is 4. The average molecular weight is 235 g/mol. The van der Waals surface area contributed by atoms with Gasteiger partial charge in [0.15, 0.2) is 11.5 Å². The van der Waals surface area contributed by atoms with Crippen LogP contribution in [0.1, 0.15) is 23.7 Å². The number of methoxy groups -OCH3 is 1. The van der Waals surface area contributed by atoms with Crippen LogP contribution in [0.15, 0.2) is 18.2 Å². The molecule has 2 rings (SSSR count). The molecule has 1 saturated heterocycles. The predicted molar refractivity (Wildman–Crippen MR) is 64.7 cm³/mol. The summed E-state index contributed by atoms with van der Waals surface area (Å²) in [6, 6.07) is 5.31. The van der Waals surface area contributed by atoms with E-state index in [1.54, 1.807) is 25.3 Å². The summed E-state index contributed by atoms with van der Waals surface area (Å²) in [7, 11) is 1.59. The molecule has 0 aromatic heterocycles. The molecule has 0 radical (unpaired) electrons. The van der Waals surface area contributed by atoms with Gasteiger partial charge in [-0.3, -0.25) is 4.79 Å². The average Bonchev–Trinajstić information content (AvgIpc) is 2.27. The minimum absolute atomic E-state index is 0.0693. The number of carbonyl (C=O) groups excluding carboxylic acids is 1. The van der Waals surface area contributed by atoms with Crippen LogP contribution in [0.4, 0.5) is 0 Å². The van der Waals surface area contributed by atoms with E-state index in [9.17, 15) is 4.79 Å². The first-order valence-electron chi connectivity index (χ1n) is 5.86. The van der Waals surface area contributed by atoms with Gasteiger partial charge in [-0.25, -0.2) is 0 Å². The van der Waals surface area contributed by atoms with Gasteiger partial charge >= 0.3 is 0 Å². The fourth-order valence-corrected chi connectivity index (χ4v) is 1.78. The molecule has 0 N–H and O–H groups in total. The van der Waals surface area contributed by atoms with Gasteiger partial charge in [-0.2, -0.15) is 0 Å². The van der Waals surface area contributed by atoms with Crippen LogP contribution in [0.5, 0.6) is 11.5 Å². The second-order valence-corrected chi connectivity index (χ2v) is 3.94. The lowest BCUT2D eigenvalue weighted by atomic mass is 10.1. The zero-order valence-electron chi connectivity index (χ0n) is 10.2. The molecule has 1 fully saturated rings. The number of ether oxygens (including phenoxy) is 2.